The van der Waals surface area contributed by atoms with Gasteiger partial charge in [0.05, 0.1) is 25.5 Å². The van der Waals surface area contributed by atoms with E-state index in [9.17, 15) is 14.0 Å². The van der Waals surface area contributed by atoms with Gasteiger partial charge in [0, 0.05) is 12.6 Å². The van der Waals surface area contributed by atoms with Gasteiger partial charge in [-0.2, -0.15) is 5.10 Å². The lowest BCUT2D eigenvalue weighted by Crippen LogP contribution is -2.27. The number of hydrogen-bond acceptors (Lipinski definition) is 6. The number of amides is 1. The Labute approximate surface area is 157 Å². The van der Waals surface area contributed by atoms with E-state index >= 15 is 0 Å². The van der Waals surface area contributed by atoms with E-state index in [1.165, 1.54) is 46.2 Å². The van der Waals surface area contributed by atoms with Crippen LogP contribution in [0, 0.1) is 5.82 Å². The molecule has 0 radical (unpaired) electrons. The number of nitrogens with one attached hydrogen (secondary N) is 1. The van der Waals surface area contributed by atoms with E-state index in [0.29, 0.717) is 23.1 Å². The number of carbonyl (C=O) groups is 1. The van der Waals surface area contributed by atoms with Crippen LogP contribution in [0.3, 0.4) is 0 Å². The maximum atomic E-state index is 13.3. The summed E-state index contributed by atoms with van der Waals surface area (Å²) in [6.07, 6.45) is 4.22. The van der Waals surface area contributed by atoms with Crippen molar-refractivity contribution in [2.75, 3.05) is 6.54 Å². The highest BCUT2D eigenvalue weighted by Gasteiger charge is 2.12. The molecule has 0 saturated heterocycles. The van der Waals surface area contributed by atoms with Crippen molar-refractivity contribution in [2.45, 2.75) is 13.1 Å². The van der Waals surface area contributed by atoms with E-state index in [2.05, 4.69) is 20.6 Å². The molecule has 1 N–H and O–H groups in total. The van der Waals surface area contributed by atoms with E-state index in [0.717, 1.165) is 0 Å². The normalized spacial score (nSPS) is 11.0. The predicted octanol–water partition coefficient (Wildman–Crippen LogP) is 1.20. The Morgan fingerprint density at radius 2 is 2.18 bits per heavy atom. The number of fused-ring (bicyclic) bond motifs is 1. The van der Waals surface area contributed by atoms with Crippen LogP contribution >= 0.6 is 0 Å². The molecule has 4 rings (SSSR count). The van der Waals surface area contributed by atoms with Gasteiger partial charge in [-0.15, -0.1) is 0 Å². The van der Waals surface area contributed by atoms with E-state index in [1.807, 2.05) is 0 Å². The van der Waals surface area contributed by atoms with Crippen LogP contribution in [0.2, 0.25) is 0 Å². The van der Waals surface area contributed by atoms with Crippen molar-refractivity contribution in [3.8, 4) is 0 Å². The number of halogens is 1. The first-order chi connectivity index (χ1) is 13.6. The lowest BCUT2D eigenvalue weighted by atomic mass is 10.2. The van der Waals surface area contributed by atoms with E-state index in [1.54, 1.807) is 12.1 Å². The maximum absolute atomic E-state index is 13.3. The Hall–Kier alpha value is -3.82. The molecule has 3 aromatic heterocycles. The van der Waals surface area contributed by atoms with Gasteiger partial charge in [-0.1, -0.05) is 17.3 Å². The summed E-state index contributed by atoms with van der Waals surface area (Å²) >= 11 is 0. The number of hydrogen-bond donors (Lipinski definition) is 1. The van der Waals surface area contributed by atoms with Crippen molar-refractivity contribution < 1.29 is 13.7 Å². The zero-order chi connectivity index (χ0) is 19.5. The minimum atomic E-state index is -0.389. The Balaban J connectivity index is 1.48. The smallest absolute Gasteiger partial charge is 0.289 e. The number of benzene rings is 1. The number of aromatic nitrogens is 5. The van der Waals surface area contributed by atoms with Crippen LogP contribution in [0.15, 0.2) is 58.4 Å². The van der Waals surface area contributed by atoms with Gasteiger partial charge in [-0.3, -0.25) is 14.2 Å². The lowest BCUT2D eigenvalue weighted by molar-refractivity contribution is 0.0915. The van der Waals surface area contributed by atoms with Gasteiger partial charge >= 0.3 is 0 Å². The highest BCUT2D eigenvalue weighted by atomic mass is 19.1. The number of nitrogens with zero attached hydrogens (tertiary/aromatic N) is 5. The summed E-state index contributed by atoms with van der Waals surface area (Å²) in [6, 6.07) is 7.50. The molecule has 0 atom stereocenters. The summed E-state index contributed by atoms with van der Waals surface area (Å²) in [7, 11) is 0. The van der Waals surface area contributed by atoms with Crippen molar-refractivity contribution >= 4 is 16.9 Å². The molecule has 1 aromatic carbocycles. The van der Waals surface area contributed by atoms with Crippen molar-refractivity contribution in [3.63, 3.8) is 0 Å². The minimum absolute atomic E-state index is 0.115. The second-order valence-electron chi connectivity index (χ2n) is 6.05. The SMILES string of the molecule is O=C(NCCn1ncc2c(=O)n(Cc3cccc(F)c3)cnc21)c1ccno1. The molecule has 0 spiro atoms. The zero-order valence-electron chi connectivity index (χ0n) is 14.6. The quantitative estimate of drug-likeness (QED) is 0.537. The van der Waals surface area contributed by atoms with E-state index < -0.39 is 0 Å². The van der Waals surface area contributed by atoms with Crippen LogP contribution in [-0.4, -0.2) is 36.9 Å². The highest BCUT2D eigenvalue weighted by molar-refractivity contribution is 5.91. The van der Waals surface area contributed by atoms with Gasteiger partial charge < -0.3 is 9.84 Å². The molecule has 0 saturated carbocycles. The highest BCUT2D eigenvalue weighted by Crippen LogP contribution is 2.08. The first-order valence-corrected chi connectivity index (χ1v) is 8.46. The fraction of sp³-hybridized carbons (Fsp3) is 0.167. The Morgan fingerprint density at radius 3 is 2.96 bits per heavy atom. The molecule has 0 bridgehead atoms. The largest absolute Gasteiger partial charge is 0.351 e. The van der Waals surface area contributed by atoms with Gasteiger partial charge in [0.15, 0.2) is 5.65 Å². The van der Waals surface area contributed by atoms with Crippen molar-refractivity contribution in [2.24, 2.45) is 0 Å². The van der Waals surface area contributed by atoms with Gasteiger partial charge in [-0.05, 0) is 17.7 Å². The molecule has 0 unspecified atom stereocenters. The van der Waals surface area contributed by atoms with Crippen LogP contribution in [0.4, 0.5) is 4.39 Å². The standard InChI is InChI=1S/C18H15FN6O3/c19-13-3-1-2-12(8-13)10-24-11-21-16-14(18(24)27)9-22-25(16)7-6-20-17(26)15-4-5-23-28-15/h1-5,8-9,11H,6-7,10H2,(H,20,26). The van der Waals surface area contributed by atoms with Gasteiger partial charge in [0.1, 0.15) is 17.5 Å². The molecule has 9 nitrogen and oxygen atoms in total. The molecule has 0 aliphatic rings. The van der Waals surface area contributed by atoms with Crippen molar-refractivity contribution in [1.82, 2.24) is 29.8 Å². The Kier molecular flexibility index (Phi) is 4.67. The summed E-state index contributed by atoms with van der Waals surface area (Å²) < 4.78 is 21.0. The molecule has 1 amide bonds. The number of carbonyl (C=O) groups excluding carboxylic acids is 1. The molecule has 142 valence electrons. The second-order valence-corrected chi connectivity index (χ2v) is 6.05. The van der Waals surface area contributed by atoms with Gasteiger partial charge in [0.25, 0.3) is 11.5 Å². The predicted molar refractivity (Wildman–Crippen MR) is 96.1 cm³/mol. The Bertz CT molecular complexity index is 1180. The second kappa shape index (κ2) is 7.43. The van der Waals surface area contributed by atoms with Crippen LogP contribution < -0.4 is 10.9 Å². The van der Waals surface area contributed by atoms with Crippen LogP contribution in [0.25, 0.3) is 11.0 Å². The fourth-order valence-corrected chi connectivity index (χ4v) is 2.80. The van der Waals surface area contributed by atoms with Crippen LogP contribution in [0.1, 0.15) is 16.1 Å². The molecule has 28 heavy (non-hydrogen) atoms. The topological polar surface area (TPSA) is 108 Å². The maximum Gasteiger partial charge on any atom is 0.289 e. The van der Waals surface area contributed by atoms with E-state index in [4.69, 9.17) is 4.52 Å². The van der Waals surface area contributed by atoms with Crippen LogP contribution in [-0.2, 0) is 13.1 Å². The van der Waals surface area contributed by atoms with Crippen molar-refractivity contribution in [1.29, 1.82) is 0 Å². The molecule has 10 heteroatoms. The minimum Gasteiger partial charge on any atom is -0.351 e. The lowest BCUT2D eigenvalue weighted by Gasteiger charge is -2.07. The molecule has 0 aliphatic heterocycles. The summed E-state index contributed by atoms with van der Waals surface area (Å²) in [5.41, 5.74) is 0.798. The third kappa shape index (κ3) is 3.52. The van der Waals surface area contributed by atoms with E-state index in [-0.39, 0.29) is 36.1 Å². The fourth-order valence-electron chi connectivity index (χ4n) is 2.80. The molecular formula is C18H15FN6O3. The van der Waals surface area contributed by atoms with Gasteiger partial charge in [0.2, 0.25) is 5.76 Å². The van der Waals surface area contributed by atoms with Crippen LogP contribution in [0.5, 0.6) is 0 Å². The third-order valence-electron chi connectivity index (χ3n) is 4.14. The summed E-state index contributed by atoms with van der Waals surface area (Å²) in [5.74, 6) is -0.636. The molecule has 3 heterocycles. The first-order valence-electron chi connectivity index (χ1n) is 8.46. The molecule has 0 fully saturated rings. The van der Waals surface area contributed by atoms with Crippen molar-refractivity contribution in [3.05, 3.63) is 76.5 Å². The monoisotopic (exact) mass is 382 g/mol. The van der Waals surface area contributed by atoms with Gasteiger partial charge in [-0.25, -0.2) is 14.1 Å². The summed E-state index contributed by atoms with van der Waals surface area (Å²) in [6.45, 7) is 0.798. The first kappa shape index (κ1) is 17.6. The Morgan fingerprint density at radius 1 is 1.29 bits per heavy atom. The summed E-state index contributed by atoms with van der Waals surface area (Å²) in [4.78, 5) is 28.8. The molecular weight excluding hydrogens is 367 g/mol. The zero-order valence-corrected chi connectivity index (χ0v) is 14.6. The molecule has 0 aliphatic carbocycles. The molecule has 4 aromatic rings. The average Bonchev–Trinajstić information content (AvgIpc) is 3.35. The third-order valence-corrected chi connectivity index (χ3v) is 4.14. The average molecular weight is 382 g/mol. The summed E-state index contributed by atoms with van der Waals surface area (Å²) in [5, 5.41) is 10.7. The number of rotatable bonds is 6.